The van der Waals surface area contributed by atoms with E-state index in [9.17, 15) is 0 Å². The quantitative estimate of drug-likeness (QED) is 0.371. The lowest BCUT2D eigenvalue weighted by molar-refractivity contribution is 0.419. The van der Waals surface area contributed by atoms with Crippen LogP contribution in [-0.2, 0) is 19.3 Å². The maximum absolute atomic E-state index is 5.45. The minimum atomic E-state index is 0.817. The molecule has 5 rings (SSSR count). The molecule has 0 spiro atoms. The van der Waals surface area contributed by atoms with Crippen molar-refractivity contribution < 1.29 is 4.74 Å². The van der Waals surface area contributed by atoms with E-state index < -0.39 is 0 Å². The summed E-state index contributed by atoms with van der Waals surface area (Å²) in [5.74, 6) is 1.79. The van der Waals surface area contributed by atoms with Crippen molar-refractivity contribution >= 4 is 21.8 Å². The smallest absolute Gasteiger partial charge is 0.142 e. The number of ether oxygens (including phenoxy) is 1. The highest BCUT2D eigenvalue weighted by Crippen LogP contribution is 2.27. The lowest BCUT2D eigenvalue weighted by Gasteiger charge is -2.05. The second-order valence-corrected chi connectivity index (χ2v) is 8.07. The van der Waals surface area contributed by atoms with Crippen molar-refractivity contribution in [3.8, 4) is 5.75 Å². The zero-order valence-corrected chi connectivity index (χ0v) is 17.9. The molecule has 0 saturated heterocycles. The molecule has 0 aliphatic carbocycles. The standard InChI is InChI=1S/C26H26N4O/c1-17-13-20-14-18(9-10-23(20)29-17)15-21-11-12-27-25(30-21)8-3-5-19-16-28-26-22(19)6-4-7-24(26)31-2/h4,6-7,9-14,16,28-29H,3,5,8,15H2,1-2H3. The molecule has 5 aromatic rings. The zero-order chi connectivity index (χ0) is 21.2. The van der Waals surface area contributed by atoms with Crippen LogP contribution in [0.15, 0.2) is 60.9 Å². The van der Waals surface area contributed by atoms with E-state index in [4.69, 9.17) is 9.72 Å². The number of aromatic amines is 2. The third-order valence-electron chi connectivity index (χ3n) is 5.80. The number of hydrogen-bond donors (Lipinski definition) is 2. The van der Waals surface area contributed by atoms with Crippen molar-refractivity contribution in [3.63, 3.8) is 0 Å². The molecule has 0 saturated carbocycles. The highest BCUT2D eigenvalue weighted by atomic mass is 16.5. The lowest BCUT2D eigenvalue weighted by atomic mass is 10.1. The molecule has 5 heteroatoms. The summed E-state index contributed by atoms with van der Waals surface area (Å²) in [5.41, 5.74) is 7.06. The highest BCUT2D eigenvalue weighted by Gasteiger charge is 2.09. The normalized spacial score (nSPS) is 11.4. The van der Waals surface area contributed by atoms with Crippen LogP contribution >= 0.6 is 0 Å². The van der Waals surface area contributed by atoms with Gasteiger partial charge in [0, 0.05) is 47.5 Å². The van der Waals surface area contributed by atoms with E-state index in [-0.39, 0.29) is 0 Å². The van der Waals surface area contributed by atoms with Gasteiger partial charge in [0.25, 0.3) is 0 Å². The average molecular weight is 411 g/mol. The number of H-pyrrole nitrogens is 2. The Kier molecular flexibility index (Phi) is 5.16. The summed E-state index contributed by atoms with van der Waals surface area (Å²) in [5, 5.41) is 2.48. The maximum Gasteiger partial charge on any atom is 0.142 e. The number of hydrogen-bond acceptors (Lipinski definition) is 3. The first-order valence-corrected chi connectivity index (χ1v) is 10.7. The van der Waals surface area contributed by atoms with Crippen molar-refractivity contribution in [3.05, 3.63) is 89.3 Å². The van der Waals surface area contributed by atoms with Gasteiger partial charge in [-0.2, -0.15) is 0 Å². The number of nitrogens with zero attached hydrogens (tertiary/aromatic N) is 2. The molecule has 156 valence electrons. The molecule has 0 unspecified atom stereocenters. The van der Waals surface area contributed by atoms with E-state index >= 15 is 0 Å². The Morgan fingerprint density at radius 1 is 1.03 bits per heavy atom. The molecule has 0 amide bonds. The molecule has 0 aliphatic rings. The number of fused-ring (bicyclic) bond motifs is 2. The number of aromatic nitrogens is 4. The molecule has 0 aliphatic heterocycles. The van der Waals surface area contributed by atoms with Crippen LogP contribution in [0.1, 0.15) is 34.8 Å². The molecular formula is C26H26N4O. The first-order chi connectivity index (χ1) is 15.2. The van der Waals surface area contributed by atoms with Gasteiger partial charge in [-0.25, -0.2) is 9.97 Å². The minimum absolute atomic E-state index is 0.817. The predicted octanol–water partition coefficient (Wildman–Crippen LogP) is 5.52. The van der Waals surface area contributed by atoms with Crippen LogP contribution in [0.4, 0.5) is 0 Å². The number of methoxy groups -OCH3 is 1. The van der Waals surface area contributed by atoms with Gasteiger partial charge < -0.3 is 14.7 Å². The third-order valence-corrected chi connectivity index (χ3v) is 5.80. The largest absolute Gasteiger partial charge is 0.495 e. The molecule has 3 heterocycles. The fourth-order valence-corrected chi connectivity index (χ4v) is 4.30. The zero-order valence-electron chi connectivity index (χ0n) is 17.9. The predicted molar refractivity (Wildman–Crippen MR) is 125 cm³/mol. The Morgan fingerprint density at radius 3 is 2.87 bits per heavy atom. The second-order valence-electron chi connectivity index (χ2n) is 8.07. The Labute approximate surface area is 181 Å². The monoisotopic (exact) mass is 410 g/mol. The van der Waals surface area contributed by atoms with Gasteiger partial charge in [-0.15, -0.1) is 0 Å². The summed E-state index contributed by atoms with van der Waals surface area (Å²) in [6.07, 6.45) is 7.63. The van der Waals surface area contributed by atoms with Gasteiger partial charge in [-0.05, 0) is 66.6 Å². The number of rotatable bonds is 7. The first kappa shape index (κ1) is 19.4. The SMILES string of the molecule is COc1cccc2c(CCCc3nccc(Cc4ccc5[nH]c(C)cc5c4)n3)c[nH]c12. The summed E-state index contributed by atoms with van der Waals surface area (Å²) < 4.78 is 5.45. The van der Waals surface area contributed by atoms with Gasteiger partial charge in [0.2, 0.25) is 0 Å². The number of nitrogens with one attached hydrogen (secondary N) is 2. The number of benzene rings is 2. The first-order valence-electron chi connectivity index (χ1n) is 10.7. The van der Waals surface area contributed by atoms with Crippen molar-refractivity contribution in [1.82, 2.24) is 19.9 Å². The molecule has 0 fully saturated rings. The van der Waals surface area contributed by atoms with Crippen LogP contribution in [-0.4, -0.2) is 27.0 Å². The van der Waals surface area contributed by atoms with Crippen LogP contribution in [0.5, 0.6) is 5.75 Å². The van der Waals surface area contributed by atoms with Crippen molar-refractivity contribution in [2.75, 3.05) is 7.11 Å². The molecule has 2 aromatic carbocycles. The average Bonchev–Trinajstić information content (AvgIpc) is 3.36. The maximum atomic E-state index is 5.45. The summed E-state index contributed by atoms with van der Waals surface area (Å²) >= 11 is 0. The van der Waals surface area contributed by atoms with E-state index in [0.717, 1.165) is 48.5 Å². The van der Waals surface area contributed by atoms with E-state index in [1.54, 1.807) is 7.11 Å². The second kappa shape index (κ2) is 8.26. The van der Waals surface area contributed by atoms with Crippen molar-refractivity contribution in [1.29, 1.82) is 0 Å². The van der Waals surface area contributed by atoms with Gasteiger partial charge in [0.05, 0.1) is 12.6 Å². The Bertz CT molecular complexity index is 1350. The summed E-state index contributed by atoms with van der Waals surface area (Å²) in [6, 6.07) is 16.9. The molecular weight excluding hydrogens is 384 g/mol. The molecule has 2 N–H and O–H groups in total. The summed E-state index contributed by atoms with van der Waals surface area (Å²) in [7, 11) is 1.71. The molecule has 3 aromatic heterocycles. The molecule has 31 heavy (non-hydrogen) atoms. The molecule has 0 atom stereocenters. The minimum Gasteiger partial charge on any atom is -0.495 e. The van der Waals surface area contributed by atoms with Gasteiger partial charge in [0.1, 0.15) is 11.6 Å². The van der Waals surface area contributed by atoms with Gasteiger partial charge >= 0.3 is 0 Å². The van der Waals surface area contributed by atoms with Crippen LogP contribution in [0.25, 0.3) is 21.8 Å². The van der Waals surface area contributed by atoms with E-state index in [2.05, 4.69) is 58.4 Å². The van der Waals surface area contributed by atoms with Crippen molar-refractivity contribution in [2.45, 2.75) is 32.6 Å². The highest BCUT2D eigenvalue weighted by molar-refractivity contribution is 5.88. The van der Waals surface area contributed by atoms with Gasteiger partial charge in [0.15, 0.2) is 0 Å². The van der Waals surface area contributed by atoms with Gasteiger partial charge in [-0.1, -0.05) is 18.2 Å². The Balaban J connectivity index is 1.25. The van der Waals surface area contributed by atoms with Crippen LogP contribution in [0, 0.1) is 6.92 Å². The summed E-state index contributed by atoms with van der Waals surface area (Å²) in [4.78, 5) is 16.0. The lowest BCUT2D eigenvalue weighted by Crippen LogP contribution is -2.01. The Morgan fingerprint density at radius 2 is 1.97 bits per heavy atom. The number of aryl methyl sites for hydroxylation is 3. The van der Waals surface area contributed by atoms with Crippen LogP contribution in [0.2, 0.25) is 0 Å². The van der Waals surface area contributed by atoms with Crippen molar-refractivity contribution in [2.24, 2.45) is 0 Å². The Hall–Kier alpha value is -3.60. The summed E-state index contributed by atoms with van der Waals surface area (Å²) in [6.45, 7) is 2.09. The van der Waals surface area contributed by atoms with E-state index in [1.165, 1.54) is 33.1 Å². The van der Waals surface area contributed by atoms with Crippen LogP contribution < -0.4 is 4.74 Å². The molecule has 5 nitrogen and oxygen atoms in total. The molecule has 0 bridgehead atoms. The topological polar surface area (TPSA) is 66.6 Å². The van der Waals surface area contributed by atoms with Gasteiger partial charge in [-0.3, -0.25) is 0 Å². The van der Waals surface area contributed by atoms with Crippen LogP contribution in [0.3, 0.4) is 0 Å². The molecule has 0 radical (unpaired) electrons. The van der Waals surface area contributed by atoms with E-state index in [0.29, 0.717) is 0 Å². The third kappa shape index (κ3) is 4.04. The fourth-order valence-electron chi connectivity index (χ4n) is 4.30. The van der Waals surface area contributed by atoms with E-state index in [1.807, 2.05) is 24.4 Å². The fraction of sp³-hybridized carbons (Fsp3) is 0.231. The number of para-hydroxylation sites is 1.